The highest BCUT2D eigenvalue weighted by Gasteiger charge is 2.18. The Morgan fingerprint density at radius 1 is 1.50 bits per heavy atom. The van der Waals surface area contributed by atoms with Crippen LogP contribution >= 0.6 is 0 Å². The highest BCUT2D eigenvalue weighted by molar-refractivity contribution is 7.89. The number of carbonyl (C=O) groups is 1. The number of rotatable bonds is 3. The summed E-state index contributed by atoms with van der Waals surface area (Å²) in [7, 11) is -3.97. The molecule has 0 aromatic carbocycles. The van der Waals surface area contributed by atoms with Gasteiger partial charge >= 0.3 is 6.03 Å². The Hall–Kier alpha value is -1.48. The van der Waals surface area contributed by atoms with Crippen molar-refractivity contribution < 1.29 is 13.2 Å². The molecule has 1 aromatic heterocycles. The summed E-state index contributed by atoms with van der Waals surface area (Å²) < 4.78 is 22.6. The summed E-state index contributed by atoms with van der Waals surface area (Å²) in [5, 5.41) is 7.76. The molecule has 1 rings (SSSR count). The van der Waals surface area contributed by atoms with Crippen LogP contribution in [0.4, 0.5) is 4.79 Å². The van der Waals surface area contributed by atoms with E-state index in [1.807, 2.05) is 0 Å². The van der Waals surface area contributed by atoms with Crippen molar-refractivity contribution in [2.75, 3.05) is 13.1 Å². The average Bonchev–Trinajstić information content (AvgIpc) is 2.67. The summed E-state index contributed by atoms with van der Waals surface area (Å²) in [6, 6.07) is -0.438. The molecule has 0 saturated carbocycles. The van der Waals surface area contributed by atoms with Gasteiger partial charge in [0, 0.05) is 13.1 Å². The first-order chi connectivity index (χ1) is 7.40. The van der Waals surface area contributed by atoms with E-state index in [-0.39, 0.29) is 0 Å². The van der Waals surface area contributed by atoms with Gasteiger partial charge in [0.2, 0.25) is 0 Å². The van der Waals surface area contributed by atoms with Gasteiger partial charge in [-0.3, -0.25) is 0 Å². The molecular formula is C7H13N5O3S. The molecule has 9 heteroatoms. The van der Waals surface area contributed by atoms with E-state index in [1.54, 1.807) is 13.8 Å². The van der Waals surface area contributed by atoms with Gasteiger partial charge < -0.3 is 4.90 Å². The van der Waals surface area contributed by atoms with Crippen LogP contribution in [0.1, 0.15) is 13.8 Å². The van der Waals surface area contributed by atoms with Crippen LogP contribution in [-0.4, -0.2) is 47.2 Å². The van der Waals surface area contributed by atoms with Crippen molar-refractivity contribution >= 4 is 16.1 Å². The predicted octanol–water partition coefficient (Wildman–Crippen LogP) is -0.765. The maximum atomic E-state index is 11.7. The van der Waals surface area contributed by atoms with Gasteiger partial charge in [0.25, 0.3) is 15.2 Å². The van der Waals surface area contributed by atoms with Gasteiger partial charge in [-0.15, -0.1) is 5.10 Å². The van der Waals surface area contributed by atoms with Gasteiger partial charge in [-0.05, 0) is 13.8 Å². The maximum absolute atomic E-state index is 11.7. The molecule has 0 bridgehead atoms. The summed E-state index contributed by atoms with van der Waals surface area (Å²) in [5.74, 6) is 0. The van der Waals surface area contributed by atoms with Gasteiger partial charge in [-0.1, -0.05) is 0 Å². The predicted molar refractivity (Wildman–Crippen MR) is 55.1 cm³/mol. The van der Waals surface area contributed by atoms with Crippen LogP contribution in [0.5, 0.6) is 0 Å². The Bertz CT molecular complexity index is 476. The first kappa shape index (κ1) is 12.6. The van der Waals surface area contributed by atoms with E-state index in [0.29, 0.717) is 13.1 Å². The summed E-state index contributed by atoms with van der Waals surface area (Å²) >= 11 is 0. The minimum atomic E-state index is -3.97. The normalized spacial score (nSPS) is 11.4. The molecule has 16 heavy (non-hydrogen) atoms. The van der Waals surface area contributed by atoms with E-state index in [9.17, 15) is 13.2 Å². The lowest BCUT2D eigenvalue weighted by molar-refractivity contribution is 0.201. The standard InChI is InChI=1S/C7H13N5O3S/c1-3-11(4-2)7(13)12-5-9-6(10-12)16(8,14)15/h5H,3-4H2,1-2H3,(H2,8,14,15). The first-order valence-electron chi connectivity index (χ1n) is 4.63. The van der Waals surface area contributed by atoms with Crippen LogP contribution in [0.15, 0.2) is 11.5 Å². The SMILES string of the molecule is CCN(CC)C(=O)n1cnc(S(N)(=O)=O)n1. The molecule has 1 heterocycles. The van der Waals surface area contributed by atoms with E-state index in [4.69, 9.17) is 5.14 Å². The molecule has 0 saturated heterocycles. The van der Waals surface area contributed by atoms with Crippen LogP contribution < -0.4 is 5.14 Å². The van der Waals surface area contributed by atoms with Gasteiger partial charge in [-0.2, -0.15) is 4.68 Å². The topological polar surface area (TPSA) is 111 Å². The van der Waals surface area contributed by atoms with Crippen LogP contribution in [0.3, 0.4) is 0 Å². The minimum absolute atomic E-state index is 0.438. The van der Waals surface area contributed by atoms with Crippen LogP contribution in [0, 0.1) is 0 Å². The molecule has 8 nitrogen and oxygen atoms in total. The zero-order chi connectivity index (χ0) is 12.3. The number of hydrogen-bond donors (Lipinski definition) is 1. The zero-order valence-electron chi connectivity index (χ0n) is 8.99. The fourth-order valence-electron chi connectivity index (χ4n) is 1.11. The minimum Gasteiger partial charge on any atom is -0.323 e. The third-order valence-electron chi connectivity index (χ3n) is 1.96. The quantitative estimate of drug-likeness (QED) is 0.754. The Morgan fingerprint density at radius 3 is 2.44 bits per heavy atom. The van der Waals surface area contributed by atoms with Crippen molar-refractivity contribution in [1.29, 1.82) is 0 Å². The number of amides is 1. The highest BCUT2D eigenvalue weighted by Crippen LogP contribution is 1.99. The van der Waals surface area contributed by atoms with Crippen molar-refractivity contribution in [2.24, 2.45) is 5.14 Å². The van der Waals surface area contributed by atoms with Crippen molar-refractivity contribution in [3.05, 3.63) is 6.33 Å². The highest BCUT2D eigenvalue weighted by atomic mass is 32.2. The molecule has 0 aliphatic rings. The molecule has 90 valence electrons. The molecule has 0 radical (unpaired) electrons. The third kappa shape index (κ3) is 2.55. The van der Waals surface area contributed by atoms with Crippen LogP contribution in [-0.2, 0) is 10.0 Å². The van der Waals surface area contributed by atoms with Crippen molar-refractivity contribution in [2.45, 2.75) is 19.0 Å². The van der Waals surface area contributed by atoms with Crippen LogP contribution in [0.25, 0.3) is 0 Å². The van der Waals surface area contributed by atoms with Gasteiger partial charge in [0.15, 0.2) is 0 Å². The number of sulfonamides is 1. The molecule has 1 amide bonds. The molecule has 2 N–H and O–H groups in total. The van der Waals surface area contributed by atoms with E-state index in [0.717, 1.165) is 11.0 Å². The molecule has 0 aliphatic heterocycles. The first-order valence-corrected chi connectivity index (χ1v) is 6.18. The van der Waals surface area contributed by atoms with E-state index < -0.39 is 21.2 Å². The maximum Gasteiger partial charge on any atom is 0.346 e. The Morgan fingerprint density at radius 2 is 2.06 bits per heavy atom. The third-order valence-corrected chi connectivity index (χ3v) is 2.65. The summed E-state index contributed by atoms with van der Waals surface area (Å²) in [6.45, 7) is 4.61. The second-order valence-corrected chi connectivity index (χ2v) is 4.43. The Kier molecular flexibility index (Phi) is 3.60. The van der Waals surface area contributed by atoms with Crippen molar-refractivity contribution in [3.8, 4) is 0 Å². The Balaban J connectivity index is 2.99. The summed E-state index contributed by atoms with van der Waals surface area (Å²) in [4.78, 5) is 16.6. The molecular weight excluding hydrogens is 234 g/mol. The average molecular weight is 247 g/mol. The molecule has 0 unspecified atom stereocenters. The molecule has 0 spiro atoms. The number of nitrogens with two attached hydrogens (primary N) is 1. The number of nitrogens with zero attached hydrogens (tertiary/aromatic N) is 4. The fourth-order valence-corrected chi connectivity index (χ4v) is 1.51. The summed E-state index contributed by atoms with van der Waals surface area (Å²) in [6.07, 6.45) is 1.03. The summed E-state index contributed by atoms with van der Waals surface area (Å²) in [5.41, 5.74) is 0. The lowest BCUT2D eigenvalue weighted by Gasteiger charge is -2.17. The van der Waals surface area contributed by atoms with Crippen molar-refractivity contribution in [3.63, 3.8) is 0 Å². The number of aromatic nitrogens is 3. The second kappa shape index (κ2) is 4.58. The monoisotopic (exact) mass is 247 g/mol. The fraction of sp³-hybridized carbons (Fsp3) is 0.571. The largest absolute Gasteiger partial charge is 0.346 e. The molecule has 0 aliphatic carbocycles. The zero-order valence-corrected chi connectivity index (χ0v) is 9.81. The van der Waals surface area contributed by atoms with Crippen LogP contribution in [0.2, 0.25) is 0 Å². The second-order valence-electron chi connectivity index (χ2n) is 2.97. The Labute approximate surface area is 93.1 Å². The number of hydrogen-bond acceptors (Lipinski definition) is 5. The lowest BCUT2D eigenvalue weighted by Crippen LogP contribution is -2.34. The molecule has 1 aromatic rings. The van der Waals surface area contributed by atoms with Gasteiger partial charge in [0.1, 0.15) is 6.33 Å². The van der Waals surface area contributed by atoms with Crippen molar-refractivity contribution in [1.82, 2.24) is 19.7 Å². The van der Waals surface area contributed by atoms with E-state index in [1.165, 1.54) is 4.90 Å². The van der Waals surface area contributed by atoms with E-state index in [2.05, 4.69) is 10.1 Å². The molecule has 0 atom stereocenters. The van der Waals surface area contributed by atoms with Gasteiger partial charge in [-0.25, -0.2) is 23.3 Å². The molecule has 0 fully saturated rings. The number of primary sulfonamides is 1. The van der Waals surface area contributed by atoms with E-state index >= 15 is 0 Å². The smallest absolute Gasteiger partial charge is 0.323 e. The number of carbonyl (C=O) groups excluding carboxylic acids is 1. The van der Waals surface area contributed by atoms with Gasteiger partial charge in [0.05, 0.1) is 0 Å². The lowest BCUT2D eigenvalue weighted by atomic mass is 10.5.